The molecule has 0 radical (unpaired) electrons. The van der Waals surface area contributed by atoms with Crippen LogP contribution in [0.15, 0.2) is 30.9 Å². The molecule has 0 spiro atoms. The van der Waals surface area contributed by atoms with E-state index in [1.165, 1.54) is 11.4 Å². The van der Waals surface area contributed by atoms with Gasteiger partial charge in [0.05, 0.1) is 12.9 Å². The maximum Gasteiger partial charge on any atom is 0.254 e. The van der Waals surface area contributed by atoms with Crippen LogP contribution in [0.4, 0.5) is 0 Å². The van der Waals surface area contributed by atoms with Crippen molar-refractivity contribution < 1.29 is 22.7 Å². The summed E-state index contributed by atoms with van der Waals surface area (Å²) in [6.07, 6.45) is 1.63. The van der Waals surface area contributed by atoms with Gasteiger partial charge in [0.2, 0.25) is 10.0 Å². The zero-order chi connectivity index (χ0) is 18.4. The minimum Gasteiger partial charge on any atom is -0.493 e. The largest absolute Gasteiger partial charge is 0.493 e. The molecule has 0 aromatic heterocycles. The van der Waals surface area contributed by atoms with E-state index in [-0.39, 0.29) is 11.7 Å². The molecule has 7 nitrogen and oxygen atoms in total. The molecule has 8 heteroatoms. The van der Waals surface area contributed by atoms with Gasteiger partial charge >= 0.3 is 0 Å². The van der Waals surface area contributed by atoms with Crippen molar-refractivity contribution in [3.8, 4) is 11.5 Å². The van der Waals surface area contributed by atoms with Crippen LogP contribution in [0.3, 0.4) is 0 Å². The number of nitrogens with zero attached hydrogens (tertiary/aromatic N) is 2. The zero-order valence-electron chi connectivity index (χ0n) is 14.6. The van der Waals surface area contributed by atoms with Crippen molar-refractivity contribution in [1.29, 1.82) is 0 Å². The van der Waals surface area contributed by atoms with Gasteiger partial charge in [0.15, 0.2) is 11.5 Å². The second-order valence-electron chi connectivity index (χ2n) is 5.56. The third-order valence-electron chi connectivity index (χ3n) is 4.05. The summed E-state index contributed by atoms with van der Waals surface area (Å²) in [7, 11) is -1.70. The summed E-state index contributed by atoms with van der Waals surface area (Å²) < 4.78 is 36.0. The van der Waals surface area contributed by atoms with E-state index < -0.39 is 10.0 Å². The lowest BCUT2D eigenvalue weighted by atomic mass is 10.1. The lowest BCUT2D eigenvalue weighted by Gasteiger charge is -2.33. The van der Waals surface area contributed by atoms with Gasteiger partial charge in [0.1, 0.15) is 6.61 Å². The first kappa shape index (κ1) is 19.3. The van der Waals surface area contributed by atoms with E-state index in [0.29, 0.717) is 49.8 Å². The number of rotatable bonds is 7. The standard InChI is InChI=1S/C17H24N2O5S/c1-4-12-24-15-7-6-14(13-16(15)23-3)17(20)18-8-10-19(11-9-18)25(21,22)5-2/h4,6-7,13H,1,5,8-12H2,2-3H3. The fourth-order valence-electron chi connectivity index (χ4n) is 2.60. The second kappa shape index (κ2) is 8.35. The van der Waals surface area contributed by atoms with Crippen molar-refractivity contribution in [2.24, 2.45) is 0 Å². The molecule has 2 rings (SSSR count). The van der Waals surface area contributed by atoms with Gasteiger partial charge in [-0.15, -0.1) is 0 Å². The van der Waals surface area contributed by atoms with Gasteiger partial charge in [-0.2, -0.15) is 4.31 Å². The van der Waals surface area contributed by atoms with Gasteiger partial charge in [0.25, 0.3) is 5.91 Å². The van der Waals surface area contributed by atoms with E-state index in [1.807, 2.05) is 0 Å². The number of piperazine rings is 1. The van der Waals surface area contributed by atoms with Crippen molar-refractivity contribution in [3.05, 3.63) is 36.4 Å². The first-order chi connectivity index (χ1) is 11.9. The molecular formula is C17H24N2O5S. The molecule has 0 saturated carbocycles. The lowest BCUT2D eigenvalue weighted by Crippen LogP contribution is -2.50. The molecule has 1 aliphatic heterocycles. The van der Waals surface area contributed by atoms with Crippen LogP contribution in [0.2, 0.25) is 0 Å². The summed E-state index contributed by atoms with van der Waals surface area (Å²) in [6, 6.07) is 5.00. The first-order valence-corrected chi connectivity index (χ1v) is 9.72. The molecule has 1 amide bonds. The average Bonchev–Trinajstić information content (AvgIpc) is 2.65. The van der Waals surface area contributed by atoms with Crippen molar-refractivity contribution in [1.82, 2.24) is 9.21 Å². The van der Waals surface area contributed by atoms with Crippen LogP contribution in [-0.4, -0.2) is 69.2 Å². The molecule has 0 unspecified atom stereocenters. The third-order valence-corrected chi connectivity index (χ3v) is 5.93. The summed E-state index contributed by atoms with van der Waals surface area (Å²) in [5, 5.41) is 0. The van der Waals surface area contributed by atoms with Crippen LogP contribution in [0.5, 0.6) is 11.5 Å². The number of carbonyl (C=O) groups is 1. The van der Waals surface area contributed by atoms with Gasteiger partial charge < -0.3 is 14.4 Å². The molecule has 0 N–H and O–H groups in total. The van der Waals surface area contributed by atoms with Gasteiger partial charge in [0, 0.05) is 31.7 Å². The predicted molar refractivity (Wildman–Crippen MR) is 95.6 cm³/mol. The molecule has 138 valence electrons. The van der Waals surface area contributed by atoms with Gasteiger partial charge in [-0.25, -0.2) is 8.42 Å². The van der Waals surface area contributed by atoms with Crippen molar-refractivity contribution >= 4 is 15.9 Å². The maximum atomic E-state index is 12.7. The fourth-order valence-corrected chi connectivity index (χ4v) is 3.69. The highest BCUT2D eigenvalue weighted by Gasteiger charge is 2.28. The van der Waals surface area contributed by atoms with Crippen LogP contribution in [0.25, 0.3) is 0 Å². The average molecular weight is 368 g/mol. The van der Waals surface area contributed by atoms with E-state index in [2.05, 4.69) is 6.58 Å². The highest BCUT2D eigenvalue weighted by atomic mass is 32.2. The summed E-state index contributed by atoms with van der Waals surface area (Å²) in [5.41, 5.74) is 0.481. The fraction of sp³-hybridized carbons (Fsp3) is 0.471. The number of amides is 1. The molecule has 25 heavy (non-hydrogen) atoms. The Bertz CT molecular complexity index is 725. The number of benzene rings is 1. The molecule has 1 aromatic rings. The Morgan fingerprint density at radius 2 is 1.92 bits per heavy atom. The van der Waals surface area contributed by atoms with E-state index in [0.717, 1.165) is 0 Å². The highest BCUT2D eigenvalue weighted by Crippen LogP contribution is 2.28. The lowest BCUT2D eigenvalue weighted by molar-refractivity contribution is 0.0697. The summed E-state index contributed by atoms with van der Waals surface area (Å²) in [5.74, 6) is 0.935. The molecule has 1 aliphatic rings. The molecule has 1 heterocycles. The third kappa shape index (κ3) is 4.52. The molecule has 1 fully saturated rings. The summed E-state index contributed by atoms with van der Waals surface area (Å²) >= 11 is 0. The normalized spacial score (nSPS) is 15.7. The second-order valence-corrected chi connectivity index (χ2v) is 7.81. The first-order valence-electron chi connectivity index (χ1n) is 8.11. The monoisotopic (exact) mass is 368 g/mol. The number of hydrogen-bond acceptors (Lipinski definition) is 5. The van der Waals surface area contributed by atoms with Crippen molar-refractivity contribution in [3.63, 3.8) is 0 Å². The molecule has 1 saturated heterocycles. The van der Waals surface area contributed by atoms with Gasteiger partial charge in [-0.1, -0.05) is 12.7 Å². The molecule has 0 atom stereocenters. The topological polar surface area (TPSA) is 76.2 Å². The minimum absolute atomic E-state index is 0.0737. The highest BCUT2D eigenvalue weighted by molar-refractivity contribution is 7.89. The minimum atomic E-state index is -3.21. The Morgan fingerprint density at radius 3 is 2.48 bits per heavy atom. The van der Waals surface area contributed by atoms with Crippen LogP contribution in [0.1, 0.15) is 17.3 Å². The van der Waals surface area contributed by atoms with E-state index >= 15 is 0 Å². The van der Waals surface area contributed by atoms with Gasteiger partial charge in [-0.3, -0.25) is 4.79 Å². The Morgan fingerprint density at radius 1 is 1.24 bits per heavy atom. The summed E-state index contributed by atoms with van der Waals surface area (Å²) in [4.78, 5) is 14.3. The van der Waals surface area contributed by atoms with Crippen LogP contribution >= 0.6 is 0 Å². The Kier molecular flexibility index (Phi) is 6.44. The van der Waals surface area contributed by atoms with Crippen LogP contribution < -0.4 is 9.47 Å². The smallest absolute Gasteiger partial charge is 0.254 e. The SMILES string of the molecule is C=CCOc1ccc(C(=O)N2CCN(S(=O)(=O)CC)CC2)cc1OC. The van der Waals surface area contributed by atoms with E-state index in [4.69, 9.17) is 9.47 Å². The molecule has 0 aliphatic carbocycles. The molecular weight excluding hydrogens is 344 g/mol. The Hall–Kier alpha value is -2.06. The number of ether oxygens (including phenoxy) is 2. The predicted octanol–water partition coefficient (Wildman–Crippen LogP) is 1.37. The number of hydrogen-bond donors (Lipinski definition) is 0. The van der Waals surface area contributed by atoms with E-state index in [1.54, 1.807) is 36.1 Å². The maximum absolute atomic E-state index is 12.7. The Labute approximate surface area is 148 Å². The number of sulfonamides is 1. The number of carbonyl (C=O) groups excluding carboxylic acids is 1. The molecule has 0 bridgehead atoms. The van der Waals surface area contributed by atoms with Crippen LogP contribution in [-0.2, 0) is 10.0 Å². The van der Waals surface area contributed by atoms with Crippen molar-refractivity contribution in [2.75, 3.05) is 45.6 Å². The van der Waals surface area contributed by atoms with Crippen LogP contribution in [0, 0.1) is 0 Å². The summed E-state index contributed by atoms with van der Waals surface area (Å²) in [6.45, 7) is 6.94. The Balaban J connectivity index is 2.07. The zero-order valence-corrected chi connectivity index (χ0v) is 15.4. The van der Waals surface area contributed by atoms with Gasteiger partial charge in [-0.05, 0) is 25.1 Å². The molecule has 1 aromatic carbocycles. The number of methoxy groups -OCH3 is 1. The quantitative estimate of drug-likeness (QED) is 0.680. The van der Waals surface area contributed by atoms with E-state index in [9.17, 15) is 13.2 Å². The van der Waals surface area contributed by atoms with Crippen molar-refractivity contribution in [2.45, 2.75) is 6.92 Å².